The topological polar surface area (TPSA) is 52.0 Å². The highest BCUT2D eigenvalue weighted by atomic mass is 19.1. The van der Waals surface area contributed by atoms with E-state index in [1.54, 1.807) is 19.2 Å². The number of halogens is 1. The normalized spacial score (nSPS) is 12.4. The molecule has 5 nitrogen and oxygen atoms in total. The molecule has 1 unspecified atom stereocenters. The molecule has 0 radical (unpaired) electrons. The average Bonchev–Trinajstić information content (AvgIpc) is 2.81. The van der Waals surface area contributed by atoms with Crippen LogP contribution in [-0.2, 0) is 7.05 Å². The van der Waals surface area contributed by atoms with Crippen molar-refractivity contribution in [3.63, 3.8) is 0 Å². The standard InChI is InChI=1S/C14H19FN4O/c1-4-8-16-10(2)13-11(15)6-5-7-12(13)20-14-17-9-19(3)18-14/h5-7,9-10,16H,4,8H2,1-3H3. The van der Waals surface area contributed by atoms with Crippen LogP contribution in [0.4, 0.5) is 4.39 Å². The second kappa shape index (κ2) is 6.47. The summed E-state index contributed by atoms with van der Waals surface area (Å²) in [5.41, 5.74) is 0.494. The molecule has 1 heterocycles. The van der Waals surface area contributed by atoms with Gasteiger partial charge in [-0.3, -0.25) is 4.68 Å². The van der Waals surface area contributed by atoms with Gasteiger partial charge in [-0.1, -0.05) is 13.0 Å². The summed E-state index contributed by atoms with van der Waals surface area (Å²) < 4.78 is 21.2. The lowest BCUT2D eigenvalue weighted by Crippen LogP contribution is -2.20. The molecule has 20 heavy (non-hydrogen) atoms. The van der Waals surface area contributed by atoms with Gasteiger partial charge in [-0.2, -0.15) is 4.98 Å². The van der Waals surface area contributed by atoms with E-state index in [4.69, 9.17) is 4.74 Å². The first-order valence-electron chi connectivity index (χ1n) is 6.67. The first kappa shape index (κ1) is 14.5. The zero-order valence-corrected chi connectivity index (χ0v) is 11.9. The van der Waals surface area contributed by atoms with Crippen molar-refractivity contribution in [3.8, 4) is 11.8 Å². The van der Waals surface area contributed by atoms with Crippen LogP contribution >= 0.6 is 0 Å². The van der Waals surface area contributed by atoms with Crippen LogP contribution in [-0.4, -0.2) is 21.3 Å². The lowest BCUT2D eigenvalue weighted by atomic mass is 10.1. The number of rotatable bonds is 6. The maximum Gasteiger partial charge on any atom is 0.340 e. The molecule has 1 atom stereocenters. The predicted octanol–water partition coefficient (Wildman–Crippen LogP) is 2.81. The number of hydrogen-bond acceptors (Lipinski definition) is 4. The van der Waals surface area contributed by atoms with Crippen LogP contribution in [0.25, 0.3) is 0 Å². The van der Waals surface area contributed by atoms with Crippen LogP contribution in [0.3, 0.4) is 0 Å². The molecule has 0 saturated carbocycles. The van der Waals surface area contributed by atoms with Gasteiger partial charge in [0, 0.05) is 18.7 Å². The van der Waals surface area contributed by atoms with Crippen molar-refractivity contribution in [1.29, 1.82) is 0 Å². The van der Waals surface area contributed by atoms with Gasteiger partial charge >= 0.3 is 6.01 Å². The Hall–Kier alpha value is -1.95. The van der Waals surface area contributed by atoms with Gasteiger partial charge in [0.25, 0.3) is 0 Å². The van der Waals surface area contributed by atoms with Crippen molar-refractivity contribution >= 4 is 0 Å². The fourth-order valence-corrected chi connectivity index (χ4v) is 1.95. The summed E-state index contributed by atoms with van der Waals surface area (Å²) in [6.45, 7) is 4.79. The molecule has 6 heteroatoms. The van der Waals surface area contributed by atoms with E-state index in [2.05, 4.69) is 22.3 Å². The third kappa shape index (κ3) is 3.33. The summed E-state index contributed by atoms with van der Waals surface area (Å²) in [4.78, 5) is 3.99. The first-order chi connectivity index (χ1) is 9.61. The molecule has 0 fully saturated rings. The summed E-state index contributed by atoms with van der Waals surface area (Å²) in [6.07, 6.45) is 2.52. The highest BCUT2D eigenvalue weighted by molar-refractivity contribution is 5.38. The van der Waals surface area contributed by atoms with Gasteiger partial charge in [-0.25, -0.2) is 4.39 Å². The molecule has 0 aliphatic carbocycles. The molecule has 2 rings (SSSR count). The molecule has 1 N–H and O–H groups in total. The molecular weight excluding hydrogens is 259 g/mol. The minimum atomic E-state index is -0.297. The fourth-order valence-electron chi connectivity index (χ4n) is 1.95. The Kier molecular flexibility index (Phi) is 4.68. The van der Waals surface area contributed by atoms with Crippen molar-refractivity contribution in [3.05, 3.63) is 35.9 Å². The lowest BCUT2D eigenvalue weighted by molar-refractivity contribution is 0.415. The van der Waals surface area contributed by atoms with E-state index in [0.29, 0.717) is 11.3 Å². The van der Waals surface area contributed by atoms with Gasteiger partial charge in [0.2, 0.25) is 0 Å². The number of aryl methyl sites for hydroxylation is 1. The molecule has 1 aromatic carbocycles. The zero-order valence-electron chi connectivity index (χ0n) is 11.9. The van der Waals surface area contributed by atoms with Gasteiger partial charge in [0.15, 0.2) is 0 Å². The molecule has 1 aromatic heterocycles. The number of benzene rings is 1. The van der Waals surface area contributed by atoms with Gasteiger partial charge < -0.3 is 10.1 Å². The van der Waals surface area contributed by atoms with Gasteiger partial charge in [-0.05, 0) is 32.0 Å². The van der Waals surface area contributed by atoms with Crippen molar-refractivity contribution < 1.29 is 9.13 Å². The Bertz CT molecular complexity index is 570. The maximum atomic E-state index is 14.1. The Balaban J connectivity index is 2.25. The summed E-state index contributed by atoms with van der Waals surface area (Å²) in [5.74, 6) is 0.141. The highest BCUT2D eigenvalue weighted by Gasteiger charge is 2.17. The maximum absolute atomic E-state index is 14.1. The van der Waals surface area contributed by atoms with Crippen LogP contribution in [0.1, 0.15) is 31.9 Å². The number of nitrogens with one attached hydrogen (secondary N) is 1. The predicted molar refractivity (Wildman–Crippen MR) is 74.2 cm³/mol. The highest BCUT2D eigenvalue weighted by Crippen LogP contribution is 2.30. The van der Waals surface area contributed by atoms with Crippen LogP contribution < -0.4 is 10.1 Å². The first-order valence-corrected chi connectivity index (χ1v) is 6.67. The van der Waals surface area contributed by atoms with E-state index in [1.807, 2.05) is 6.92 Å². The quantitative estimate of drug-likeness (QED) is 0.882. The largest absolute Gasteiger partial charge is 0.423 e. The second-order valence-corrected chi connectivity index (χ2v) is 4.63. The minimum absolute atomic E-state index is 0.144. The van der Waals surface area contributed by atoms with Crippen molar-refractivity contribution in [2.45, 2.75) is 26.3 Å². The lowest BCUT2D eigenvalue weighted by Gasteiger charge is -2.17. The zero-order chi connectivity index (χ0) is 14.5. The molecule has 2 aromatic rings. The summed E-state index contributed by atoms with van der Waals surface area (Å²) in [6, 6.07) is 4.83. The monoisotopic (exact) mass is 278 g/mol. The van der Waals surface area contributed by atoms with Crippen LogP contribution in [0.5, 0.6) is 11.8 Å². The van der Waals surface area contributed by atoms with E-state index >= 15 is 0 Å². The van der Waals surface area contributed by atoms with E-state index in [-0.39, 0.29) is 17.9 Å². The smallest absolute Gasteiger partial charge is 0.340 e. The second-order valence-electron chi connectivity index (χ2n) is 4.63. The Morgan fingerprint density at radius 1 is 1.45 bits per heavy atom. The summed E-state index contributed by atoms with van der Waals surface area (Å²) in [7, 11) is 1.75. The molecule has 0 bridgehead atoms. The van der Waals surface area contributed by atoms with Crippen molar-refractivity contribution in [1.82, 2.24) is 20.1 Å². The molecule has 0 saturated heterocycles. The van der Waals surface area contributed by atoms with Crippen LogP contribution in [0, 0.1) is 5.82 Å². The van der Waals surface area contributed by atoms with E-state index in [9.17, 15) is 4.39 Å². The minimum Gasteiger partial charge on any atom is -0.423 e. The molecular formula is C14H19FN4O. The Morgan fingerprint density at radius 2 is 2.25 bits per heavy atom. The SMILES string of the molecule is CCCNC(C)c1c(F)cccc1Oc1ncn(C)n1. The van der Waals surface area contributed by atoms with Gasteiger partial charge in [0.1, 0.15) is 17.9 Å². The Labute approximate surface area is 117 Å². The summed E-state index contributed by atoms with van der Waals surface area (Å²) in [5, 5.41) is 7.29. The van der Waals surface area contributed by atoms with Gasteiger partial charge in [0.05, 0.1) is 0 Å². The molecule has 0 spiro atoms. The third-order valence-corrected chi connectivity index (χ3v) is 2.93. The van der Waals surface area contributed by atoms with Crippen LogP contribution in [0.15, 0.2) is 24.5 Å². The number of ether oxygens (including phenoxy) is 1. The van der Waals surface area contributed by atoms with Crippen molar-refractivity contribution in [2.75, 3.05) is 6.54 Å². The van der Waals surface area contributed by atoms with E-state index in [1.165, 1.54) is 17.1 Å². The average molecular weight is 278 g/mol. The number of nitrogens with zero attached hydrogens (tertiary/aromatic N) is 3. The van der Waals surface area contributed by atoms with E-state index < -0.39 is 0 Å². The van der Waals surface area contributed by atoms with Crippen molar-refractivity contribution in [2.24, 2.45) is 7.05 Å². The van der Waals surface area contributed by atoms with Crippen LogP contribution in [0.2, 0.25) is 0 Å². The molecule has 108 valence electrons. The molecule has 0 amide bonds. The molecule has 0 aliphatic heterocycles. The number of hydrogen-bond donors (Lipinski definition) is 1. The van der Waals surface area contributed by atoms with Gasteiger partial charge in [-0.15, -0.1) is 5.10 Å². The van der Waals surface area contributed by atoms with E-state index in [0.717, 1.165) is 13.0 Å². The fraction of sp³-hybridized carbons (Fsp3) is 0.429. The Morgan fingerprint density at radius 3 is 2.90 bits per heavy atom. The summed E-state index contributed by atoms with van der Waals surface area (Å²) >= 11 is 0. The molecule has 0 aliphatic rings. The third-order valence-electron chi connectivity index (χ3n) is 2.93. The number of aromatic nitrogens is 3.